The molecule has 168 valence electrons. The third kappa shape index (κ3) is 5.20. The number of hydrogen-bond donors (Lipinski definition) is 5. The van der Waals surface area contributed by atoms with Gasteiger partial charge in [0.2, 0.25) is 0 Å². The molecule has 0 heterocycles. The third-order valence-electron chi connectivity index (χ3n) is 6.62. The molecule has 0 aliphatic heterocycles. The molecule has 0 saturated heterocycles. The van der Waals surface area contributed by atoms with E-state index in [0.717, 1.165) is 42.4 Å². The van der Waals surface area contributed by atoms with Gasteiger partial charge >= 0.3 is 5.97 Å². The lowest BCUT2D eigenvalue weighted by molar-refractivity contribution is 0.0697. The molecule has 0 amide bonds. The number of aromatic carboxylic acids is 1. The Labute approximate surface area is 184 Å². The second kappa shape index (κ2) is 9.71. The molecule has 2 aromatic carbocycles. The van der Waals surface area contributed by atoms with Gasteiger partial charge in [-0.15, -0.1) is 0 Å². The summed E-state index contributed by atoms with van der Waals surface area (Å²) in [5.41, 5.74) is 9.61. The highest BCUT2D eigenvalue weighted by atomic mass is 16.4. The Morgan fingerprint density at radius 2 is 1.87 bits per heavy atom. The fourth-order valence-electron chi connectivity index (χ4n) is 4.66. The predicted molar refractivity (Wildman–Crippen MR) is 122 cm³/mol. The average Bonchev–Trinajstić information content (AvgIpc) is 2.75. The molecule has 2 aromatic rings. The molecule has 0 radical (unpaired) electrons. The maximum atomic E-state index is 11.1. The van der Waals surface area contributed by atoms with Crippen LogP contribution in [0.3, 0.4) is 0 Å². The average molecular weight is 427 g/mol. The van der Waals surface area contributed by atoms with E-state index in [2.05, 4.69) is 19.2 Å². The van der Waals surface area contributed by atoms with E-state index < -0.39 is 11.5 Å². The largest absolute Gasteiger partial charge is 0.504 e. The van der Waals surface area contributed by atoms with Crippen molar-refractivity contribution in [1.82, 2.24) is 5.32 Å². The van der Waals surface area contributed by atoms with E-state index in [1.807, 2.05) is 18.2 Å². The maximum absolute atomic E-state index is 11.1. The highest BCUT2D eigenvalue weighted by Gasteiger charge is 2.39. The number of carboxylic acid groups (broad SMARTS) is 1. The summed E-state index contributed by atoms with van der Waals surface area (Å²) in [5.74, 6) is -1.04. The SMILES string of the molecule is CCCCCC(NC(C)c1ccc(C(=O)O)cc1)C1(N)CCc2c(ccc(O)c2O)C1. The van der Waals surface area contributed by atoms with Crippen molar-refractivity contribution in [2.75, 3.05) is 0 Å². The molecule has 1 aliphatic rings. The van der Waals surface area contributed by atoms with Gasteiger partial charge in [0.05, 0.1) is 5.56 Å². The lowest BCUT2D eigenvalue weighted by atomic mass is 9.72. The zero-order valence-electron chi connectivity index (χ0n) is 18.4. The molecule has 0 aromatic heterocycles. The van der Waals surface area contributed by atoms with E-state index in [9.17, 15) is 15.0 Å². The predicted octanol–water partition coefficient (Wildman–Crippen LogP) is 4.28. The monoisotopic (exact) mass is 426 g/mol. The van der Waals surface area contributed by atoms with Crippen molar-refractivity contribution in [2.45, 2.75) is 76.4 Å². The van der Waals surface area contributed by atoms with Crippen molar-refractivity contribution in [1.29, 1.82) is 0 Å². The van der Waals surface area contributed by atoms with Gasteiger partial charge in [0.1, 0.15) is 0 Å². The summed E-state index contributed by atoms with van der Waals surface area (Å²) in [6.45, 7) is 4.26. The van der Waals surface area contributed by atoms with Crippen molar-refractivity contribution in [3.05, 3.63) is 58.7 Å². The number of nitrogens with one attached hydrogen (secondary N) is 1. The Morgan fingerprint density at radius 1 is 1.16 bits per heavy atom. The standard InChI is InChI=1S/C25H34N2O4/c1-3-4-5-6-22(27-16(2)17-7-9-18(10-8-17)24(30)31)25(26)14-13-20-19(15-25)11-12-21(28)23(20)29/h7-12,16,22,27-29H,3-6,13-15,26H2,1-2H3,(H,30,31). The lowest BCUT2D eigenvalue weighted by Crippen LogP contribution is -2.60. The second-order valence-corrected chi connectivity index (χ2v) is 8.84. The van der Waals surface area contributed by atoms with E-state index >= 15 is 0 Å². The van der Waals surface area contributed by atoms with Crippen molar-refractivity contribution < 1.29 is 20.1 Å². The van der Waals surface area contributed by atoms with Crippen LogP contribution in [-0.4, -0.2) is 32.9 Å². The summed E-state index contributed by atoms with van der Waals surface area (Å²) >= 11 is 0. The smallest absolute Gasteiger partial charge is 0.335 e. The fraction of sp³-hybridized carbons (Fsp3) is 0.480. The van der Waals surface area contributed by atoms with Crippen LogP contribution in [0.2, 0.25) is 0 Å². The summed E-state index contributed by atoms with van der Waals surface area (Å²) in [6.07, 6.45) is 6.26. The molecule has 0 spiro atoms. The molecule has 3 rings (SSSR count). The first-order chi connectivity index (χ1) is 14.7. The molecular weight excluding hydrogens is 392 g/mol. The Balaban J connectivity index is 1.80. The van der Waals surface area contributed by atoms with Gasteiger partial charge in [-0.05, 0) is 61.9 Å². The number of nitrogens with two attached hydrogens (primary N) is 1. The molecule has 0 fully saturated rings. The second-order valence-electron chi connectivity index (χ2n) is 8.84. The molecule has 6 heteroatoms. The zero-order valence-corrected chi connectivity index (χ0v) is 18.4. The highest BCUT2D eigenvalue weighted by molar-refractivity contribution is 5.87. The van der Waals surface area contributed by atoms with E-state index in [4.69, 9.17) is 10.8 Å². The normalized spacial score (nSPS) is 20.1. The molecule has 1 aliphatic carbocycles. The van der Waals surface area contributed by atoms with Crippen LogP contribution in [0.1, 0.15) is 79.0 Å². The van der Waals surface area contributed by atoms with E-state index in [0.29, 0.717) is 19.3 Å². The van der Waals surface area contributed by atoms with Crippen molar-refractivity contribution in [3.63, 3.8) is 0 Å². The molecule has 6 N–H and O–H groups in total. The van der Waals surface area contributed by atoms with Gasteiger partial charge in [-0.25, -0.2) is 4.79 Å². The molecule has 31 heavy (non-hydrogen) atoms. The minimum Gasteiger partial charge on any atom is -0.504 e. The zero-order chi connectivity index (χ0) is 22.6. The first-order valence-electron chi connectivity index (χ1n) is 11.2. The Bertz CT molecular complexity index is 912. The van der Waals surface area contributed by atoms with Gasteiger partial charge in [-0.2, -0.15) is 0 Å². The summed E-state index contributed by atoms with van der Waals surface area (Å²) in [4.78, 5) is 11.1. The van der Waals surface area contributed by atoms with E-state index in [1.165, 1.54) is 6.07 Å². The molecule has 6 nitrogen and oxygen atoms in total. The van der Waals surface area contributed by atoms with Crippen LogP contribution in [0.5, 0.6) is 11.5 Å². The quantitative estimate of drug-likeness (QED) is 0.302. The Kier molecular flexibility index (Phi) is 7.23. The van der Waals surface area contributed by atoms with Gasteiger partial charge in [0.15, 0.2) is 11.5 Å². The Morgan fingerprint density at radius 3 is 2.52 bits per heavy atom. The number of unbranched alkanes of at least 4 members (excludes halogenated alkanes) is 2. The maximum Gasteiger partial charge on any atom is 0.335 e. The number of phenolic OH excluding ortho intramolecular Hbond substituents is 2. The minimum atomic E-state index is -0.930. The van der Waals surface area contributed by atoms with Gasteiger partial charge in [-0.3, -0.25) is 0 Å². The number of fused-ring (bicyclic) bond motifs is 1. The summed E-state index contributed by atoms with van der Waals surface area (Å²) in [6, 6.07) is 10.4. The van der Waals surface area contributed by atoms with Crippen LogP contribution in [0, 0.1) is 0 Å². The van der Waals surface area contributed by atoms with Gasteiger partial charge in [0, 0.05) is 23.2 Å². The van der Waals surface area contributed by atoms with E-state index in [-0.39, 0.29) is 29.1 Å². The number of hydrogen-bond acceptors (Lipinski definition) is 5. The van der Waals surface area contributed by atoms with Crippen LogP contribution in [0.25, 0.3) is 0 Å². The molecule has 3 unspecified atom stereocenters. The molecular formula is C25H34N2O4. The highest BCUT2D eigenvalue weighted by Crippen LogP contribution is 2.39. The summed E-state index contributed by atoms with van der Waals surface area (Å²) in [7, 11) is 0. The lowest BCUT2D eigenvalue weighted by Gasteiger charge is -2.43. The summed E-state index contributed by atoms with van der Waals surface area (Å²) < 4.78 is 0. The molecule has 3 atom stereocenters. The van der Waals surface area contributed by atoms with Crippen molar-refractivity contribution in [3.8, 4) is 11.5 Å². The first-order valence-corrected chi connectivity index (χ1v) is 11.2. The van der Waals surface area contributed by atoms with Gasteiger partial charge < -0.3 is 26.4 Å². The minimum absolute atomic E-state index is 0.0181. The van der Waals surface area contributed by atoms with Crippen LogP contribution in [0.4, 0.5) is 0 Å². The van der Waals surface area contributed by atoms with E-state index in [1.54, 1.807) is 12.1 Å². The molecule has 0 bridgehead atoms. The third-order valence-corrected chi connectivity index (χ3v) is 6.62. The van der Waals surface area contributed by atoms with Crippen LogP contribution in [0.15, 0.2) is 36.4 Å². The number of phenols is 2. The van der Waals surface area contributed by atoms with Crippen LogP contribution in [-0.2, 0) is 12.8 Å². The number of aromatic hydroxyl groups is 2. The fourth-order valence-corrected chi connectivity index (χ4v) is 4.66. The number of rotatable bonds is 9. The summed E-state index contributed by atoms with van der Waals surface area (Å²) in [5, 5.41) is 32.9. The van der Waals surface area contributed by atoms with Gasteiger partial charge in [-0.1, -0.05) is 44.4 Å². The van der Waals surface area contributed by atoms with Crippen molar-refractivity contribution in [2.24, 2.45) is 5.73 Å². The van der Waals surface area contributed by atoms with Gasteiger partial charge in [0.25, 0.3) is 0 Å². The molecule has 0 saturated carbocycles. The van der Waals surface area contributed by atoms with Crippen LogP contribution >= 0.6 is 0 Å². The number of benzene rings is 2. The van der Waals surface area contributed by atoms with Crippen LogP contribution < -0.4 is 11.1 Å². The van der Waals surface area contributed by atoms with Crippen molar-refractivity contribution >= 4 is 5.97 Å². The number of carbonyl (C=O) groups is 1. The topological polar surface area (TPSA) is 116 Å². The Hall–Kier alpha value is -2.57. The first kappa shape index (κ1) is 23.1. The number of carboxylic acids is 1.